The molecule has 326 valence electrons. The van der Waals surface area contributed by atoms with Crippen molar-refractivity contribution in [1.29, 1.82) is 0 Å². The fraction of sp³-hybridized carbons (Fsp3) is 0.565. The third kappa shape index (κ3) is 11.8. The van der Waals surface area contributed by atoms with Crippen LogP contribution in [-0.4, -0.2) is 122 Å². The van der Waals surface area contributed by atoms with Crippen molar-refractivity contribution in [3.63, 3.8) is 0 Å². The summed E-state index contributed by atoms with van der Waals surface area (Å²) in [6, 6.07) is 17.4. The summed E-state index contributed by atoms with van der Waals surface area (Å²) in [5, 5.41) is 14.7. The number of piperidine rings is 1. The summed E-state index contributed by atoms with van der Waals surface area (Å²) in [4.78, 5) is 43.7. The van der Waals surface area contributed by atoms with Gasteiger partial charge in [0.1, 0.15) is 5.75 Å². The number of anilines is 1. The van der Waals surface area contributed by atoms with Gasteiger partial charge in [-0.15, -0.1) is 0 Å². The van der Waals surface area contributed by atoms with Crippen LogP contribution >= 0.6 is 0 Å². The van der Waals surface area contributed by atoms with Crippen LogP contribution in [0.25, 0.3) is 10.9 Å². The lowest BCUT2D eigenvalue weighted by Gasteiger charge is -2.47. The highest BCUT2D eigenvalue weighted by Gasteiger charge is 2.41. The number of aryl methyl sites for hydroxylation is 1. The van der Waals surface area contributed by atoms with E-state index in [4.69, 9.17) is 18.9 Å². The zero-order valence-electron chi connectivity index (χ0n) is 36.9. The molecule has 2 fully saturated rings. The number of hydrogen-bond donors (Lipinski definition) is 3. The van der Waals surface area contributed by atoms with Gasteiger partial charge >= 0.3 is 0 Å². The lowest BCUT2D eigenvalue weighted by Crippen LogP contribution is -2.57. The second-order valence-electron chi connectivity index (χ2n) is 18.0. The quantitative estimate of drug-likeness (QED) is 0.0776. The second kappa shape index (κ2) is 20.1. The topological polar surface area (TPSA) is 145 Å². The molecule has 0 bridgehead atoms. The van der Waals surface area contributed by atoms with Crippen LogP contribution in [0.3, 0.4) is 0 Å². The SMILES string of the molecule is CCc1ccnc(N2CCOC3(CCN(Cc4cccc(CCOCCC(=O)N(C)CCNC[C@H](O[Si](C)(C)C(C)(C)C)c5ccc(O)c6[nH]c(=O)ccc56)c4)CC3)C2)n1. The number of carbonyl (C=O) groups is 1. The van der Waals surface area contributed by atoms with Gasteiger partial charge in [-0.3, -0.25) is 14.5 Å². The molecule has 4 aromatic rings. The van der Waals surface area contributed by atoms with Gasteiger partial charge in [0.15, 0.2) is 8.32 Å². The number of nitrogens with one attached hydrogen (secondary N) is 2. The minimum Gasteiger partial charge on any atom is -0.506 e. The van der Waals surface area contributed by atoms with Crippen LogP contribution in [0.15, 0.2) is 65.6 Å². The molecule has 1 spiro atoms. The maximum atomic E-state index is 13.0. The van der Waals surface area contributed by atoms with Gasteiger partial charge in [0.2, 0.25) is 17.4 Å². The number of benzene rings is 2. The number of aromatic hydroxyl groups is 1. The Kier molecular flexibility index (Phi) is 15.2. The largest absolute Gasteiger partial charge is 0.506 e. The van der Waals surface area contributed by atoms with Gasteiger partial charge in [0.25, 0.3) is 0 Å². The Hall–Kier alpha value is -4.18. The maximum absolute atomic E-state index is 13.0. The van der Waals surface area contributed by atoms with Crippen LogP contribution in [0.5, 0.6) is 5.75 Å². The summed E-state index contributed by atoms with van der Waals surface area (Å²) < 4.78 is 19.3. The molecule has 2 aromatic heterocycles. The van der Waals surface area contributed by atoms with Crippen LogP contribution in [0.2, 0.25) is 18.1 Å². The number of phenols is 1. The van der Waals surface area contributed by atoms with E-state index in [1.807, 2.05) is 25.4 Å². The average Bonchev–Trinajstić information content (AvgIpc) is 3.22. The highest BCUT2D eigenvalue weighted by molar-refractivity contribution is 6.74. The fourth-order valence-corrected chi connectivity index (χ4v) is 9.12. The predicted octanol–water partition coefficient (Wildman–Crippen LogP) is 6.22. The number of H-pyrrole nitrogens is 1. The predicted molar refractivity (Wildman–Crippen MR) is 240 cm³/mol. The molecule has 2 saturated heterocycles. The molecular weight excluding hydrogens is 775 g/mol. The number of aromatic nitrogens is 3. The number of aromatic amines is 1. The number of amides is 1. The Labute approximate surface area is 357 Å². The molecule has 0 radical (unpaired) electrons. The second-order valence-corrected chi connectivity index (χ2v) is 22.8. The van der Waals surface area contributed by atoms with E-state index in [-0.39, 0.29) is 34.0 Å². The van der Waals surface area contributed by atoms with Crippen LogP contribution in [0.4, 0.5) is 5.95 Å². The summed E-state index contributed by atoms with van der Waals surface area (Å²) in [5.74, 6) is 0.880. The summed E-state index contributed by atoms with van der Waals surface area (Å²) in [7, 11) is -0.378. The molecular formula is C46H67N7O6Si. The molecule has 4 heterocycles. The number of ether oxygens (including phenoxy) is 2. The molecule has 14 heteroatoms. The lowest BCUT2D eigenvalue weighted by atomic mass is 9.89. The average molecular weight is 842 g/mol. The van der Waals surface area contributed by atoms with Gasteiger partial charge in [-0.25, -0.2) is 9.97 Å². The van der Waals surface area contributed by atoms with Crippen molar-refractivity contribution >= 4 is 31.1 Å². The zero-order valence-corrected chi connectivity index (χ0v) is 37.9. The van der Waals surface area contributed by atoms with Crippen molar-refractivity contribution in [3.8, 4) is 5.75 Å². The van der Waals surface area contributed by atoms with Gasteiger partial charge in [0.05, 0.1) is 50.0 Å². The van der Waals surface area contributed by atoms with Gasteiger partial charge in [0, 0.05) is 76.2 Å². The van der Waals surface area contributed by atoms with Crippen LogP contribution in [-0.2, 0) is 38.1 Å². The van der Waals surface area contributed by atoms with Crippen molar-refractivity contribution in [2.24, 2.45) is 0 Å². The fourth-order valence-electron chi connectivity index (χ4n) is 7.85. The Morgan fingerprint density at radius 2 is 1.87 bits per heavy atom. The van der Waals surface area contributed by atoms with Crippen molar-refractivity contribution in [3.05, 3.63) is 93.5 Å². The highest BCUT2D eigenvalue weighted by atomic mass is 28.4. The number of nitrogens with zero attached hydrogens (tertiary/aromatic N) is 5. The van der Waals surface area contributed by atoms with Crippen molar-refractivity contribution in [2.45, 2.75) is 96.2 Å². The van der Waals surface area contributed by atoms with Crippen molar-refractivity contribution in [1.82, 2.24) is 30.1 Å². The summed E-state index contributed by atoms with van der Waals surface area (Å²) in [5.41, 5.74) is 4.49. The molecule has 3 N–H and O–H groups in total. The third-order valence-electron chi connectivity index (χ3n) is 12.6. The first-order valence-electron chi connectivity index (χ1n) is 21.7. The normalized spacial score (nSPS) is 16.7. The molecule has 2 aliphatic rings. The number of pyridine rings is 1. The molecule has 0 unspecified atom stereocenters. The molecule has 1 atom stereocenters. The van der Waals surface area contributed by atoms with E-state index in [9.17, 15) is 14.7 Å². The first-order valence-corrected chi connectivity index (χ1v) is 24.6. The molecule has 2 aliphatic heterocycles. The first-order chi connectivity index (χ1) is 28.6. The van der Waals surface area contributed by atoms with Gasteiger partial charge in [-0.2, -0.15) is 0 Å². The molecule has 1 amide bonds. The van der Waals surface area contributed by atoms with E-state index in [2.05, 4.69) is 90.1 Å². The van der Waals surface area contributed by atoms with Gasteiger partial charge in [-0.05, 0) is 78.7 Å². The lowest BCUT2D eigenvalue weighted by molar-refractivity contribution is -0.131. The van der Waals surface area contributed by atoms with E-state index in [0.717, 1.165) is 81.0 Å². The van der Waals surface area contributed by atoms with Crippen molar-refractivity contribution in [2.75, 3.05) is 77.6 Å². The Balaban J connectivity index is 0.902. The van der Waals surface area contributed by atoms with Gasteiger partial charge < -0.3 is 39.1 Å². The first kappa shape index (κ1) is 45.3. The molecule has 0 saturated carbocycles. The number of likely N-dealkylation sites (tertiary alicyclic amines) is 1. The van der Waals surface area contributed by atoms with E-state index in [0.29, 0.717) is 51.4 Å². The molecule has 13 nitrogen and oxygen atoms in total. The number of rotatable bonds is 18. The number of carbonyl (C=O) groups excluding carboxylic acids is 1. The number of likely N-dealkylation sites (N-methyl/N-ethyl adjacent to an activating group) is 1. The van der Waals surface area contributed by atoms with E-state index in [1.54, 1.807) is 17.0 Å². The minimum absolute atomic E-state index is 0.0169. The number of fused-ring (bicyclic) bond motifs is 1. The summed E-state index contributed by atoms with van der Waals surface area (Å²) in [6.07, 6.45) is 5.55. The Morgan fingerprint density at radius 3 is 2.63 bits per heavy atom. The standard InChI is InChI=1S/C46H67N7O6Si/c1-8-36-16-21-48-44(49-36)53-26-29-58-46(33-53)19-23-52(24-20-46)32-35-11-9-10-34(30-35)17-27-57-28-18-42(56)51(5)25-22-47-31-40(59-60(6,7)45(2,3)4)37-12-14-39(54)43-38(37)13-15-41(55)50-43/h9-16,21,30,40,47,54H,8,17-20,22-29,31-33H2,1-7H3,(H,50,55)/t40-/m0/s1. The molecule has 2 aromatic carbocycles. The summed E-state index contributed by atoms with van der Waals surface area (Å²) >= 11 is 0. The highest BCUT2D eigenvalue weighted by Crippen LogP contribution is 2.41. The number of phenolic OH excluding ortho intramolecular Hbond substituents is 1. The van der Waals surface area contributed by atoms with Gasteiger partial charge in [-0.1, -0.05) is 58.0 Å². The van der Waals surface area contributed by atoms with Crippen molar-refractivity contribution < 1.29 is 23.8 Å². The van der Waals surface area contributed by atoms with Crippen LogP contribution in [0, 0.1) is 0 Å². The molecule has 0 aliphatic carbocycles. The van der Waals surface area contributed by atoms with E-state index >= 15 is 0 Å². The Morgan fingerprint density at radius 1 is 1.08 bits per heavy atom. The smallest absolute Gasteiger partial charge is 0.248 e. The zero-order chi connectivity index (χ0) is 42.9. The van der Waals surface area contributed by atoms with Crippen LogP contribution < -0.4 is 15.8 Å². The number of hydrogen-bond acceptors (Lipinski definition) is 11. The van der Waals surface area contributed by atoms with E-state index in [1.165, 1.54) is 17.2 Å². The minimum atomic E-state index is -2.20. The molecule has 6 rings (SSSR count). The van der Waals surface area contributed by atoms with E-state index < -0.39 is 8.32 Å². The molecule has 60 heavy (non-hydrogen) atoms. The van der Waals surface area contributed by atoms with Crippen LogP contribution in [0.1, 0.15) is 75.4 Å². The number of morpholine rings is 1. The Bertz CT molecular complexity index is 2100. The third-order valence-corrected chi connectivity index (χ3v) is 17.1. The monoisotopic (exact) mass is 841 g/mol. The summed E-state index contributed by atoms with van der Waals surface area (Å²) in [6.45, 7) is 21.0. The maximum Gasteiger partial charge on any atom is 0.248 e.